The number of fused-ring (bicyclic) bond motifs is 1. The van der Waals surface area contributed by atoms with E-state index in [0.717, 1.165) is 49.5 Å². The molecule has 0 amide bonds. The van der Waals surface area contributed by atoms with E-state index in [4.69, 9.17) is 4.74 Å². The van der Waals surface area contributed by atoms with Gasteiger partial charge in [0, 0.05) is 0 Å². The first-order valence-corrected chi connectivity index (χ1v) is 13.7. The van der Waals surface area contributed by atoms with E-state index < -0.39 is 0 Å². The topological polar surface area (TPSA) is 9.23 Å². The summed E-state index contributed by atoms with van der Waals surface area (Å²) in [4.78, 5) is 0. The lowest BCUT2D eigenvalue weighted by Gasteiger charge is -2.30. The summed E-state index contributed by atoms with van der Waals surface area (Å²) in [7, 11) is 0. The summed E-state index contributed by atoms with van der Waals surface area (Å²) in [6.07, 6.45) is 15.6. The molecule has 1 saturated carbocycles. The van der Waals surface area contributed by atoms with Crippen molar-refractivity contribution in [3.8, 4) is 5.75 Å². The number of unbranched alkanes of at least 4 members (excludes halogenated alkanes) is 3. The van der Waals surface area contributed by atoms with Crippen LogP contribution >= 0.6 is 0 Å². The highest BCUT2D eigenvalue weighted by Gasteiger charge is 2.26. The van der Waals surface area contributed by atoms with E-state index in [9.17, 15) is 0 Å². The first-order valence-electron chi connectivity index (χ1n) is 13.7. The van der Waals surface area contributed by atoms with Crippen LogP contribution in [-0.4, -0.2) is 6.61 Å². The summed E-state index contributed by atoms with van der Waals surface area (Å²) in [5.74, 6) is 2.74. The Morgan fingerprint density at radius 2 is 1.64 bits per heavy atom. The average molecular weight is 451 g/mol. The van der Waals surface area contributed by atoms with Crippen LogP contribution in [0, 0.1) is 11.7 Å². The predicted molar refractivity (Wildman–Crippen MR) is 137 cm³/mol. The van der Waals surface area contributed by atoms with Gasteiger partial charge in [-0.25, -0.2) is 4.39 Å². The van der Waals surface area contributed by atoms with Crippen LogP contribution in [0.3, 0.4) is 0 Å². The van der Waals surface area contributed by atoms with Crippen LogP contribution in [0.5, 0.6) is 5.75 Å². The molecule has 2 heteroatoms. The highest BCUT2D eigenvalue weighted by Crippen LogP contribution is 2.40. The largest absolute Gasteiger partial charge is 0.494 e. The van der Waals surface area contributed by atoms with E-state index in [1.807, 2.05) is 6.07 Å². The Morgan fingerprint density at radius 1 is 0.818 bits per heavy atom. The minimum absolute atomic E-state index is 0.0185. The fourth-order valence-electron chi connectivity index (χ4n) is 6.03. The lowest BCUT2D eigenvalue weighted by molar-refractivity contribution is 0.304. The predicted octanol–water partition coefficient (Wildman–Crippen LogP) is 9.13. The lowest BCUT2D eigenvalue weighted by Crippen LogP contribution is -2.16. The zero-order chi connectivity index (χ0) is 23.0. The Morgan fingerprint density at radius 3 is 2.39 bits per heavy atom. The van der Waals surface area contributed by atoms with Gasteiger partial charge < -0.3 is 4.74 Å². The Hall–Kier alpha value is -1.83. The van der Waals surface area contributed by atoms with Crippen LogP contribution < -0.4 is 4.74 Å². The number of benzene rings is 2. The van der Waals surface area contributed by atoms with Gasteiger partial charge in [0.25, 0.3) is 0 Å². The molecule has 0 aliphatic heterocycles. The van der Waals surface area contributed by atoms with Crippen molar-refractivity contribution in [1.29, 1.82) is 0 Å². The van der Waals surface area contributed by atoms with Crippen molar-refractivity contribution in [2.45, 2.75) is 109 Å². The molecular formula is C31H43FO. The fourth-order valence-corrected chi connectivity index (χ4v) is 6.03. The third kappa shape index (κ3) is 6.40. The highest BCUT2D eigenvalue weighted by molar-refractivity contribution is 5.40. The van der Waals surface area contributed by atoms with Crippen molar-refractivity contribution in [3.05, 3.63) is 64.5 Å². The smallest absolute Gasteiger partial charge is 0.126 e. The maximum absolute atomic E-state index is 15.3. The molecule has 1 nitrogen and oxygen atoms in total. The molecule has 33 heavy (non-hydrogen) atoms. The molecule has 0 N–H and O–H groups in total. The molecule has 0 aromatic heterocycles. The van der Waals surface area contributed by atoms with E-state index in [0.29, 0.717) is 5.92 Å². The van der Waals surface area contributed by atoms with Crippen molar-refractivity contribution < 1.29 is 9.13 Å². The van der Waals surface area contributed by atoms with E-state index in [2.05, 4.69) is 44.2 Å². The third-order valence-electron chi connectivity index (χ3n) is 8.17. The van der Waals surface area contributed by atoms with Gasteiger partial charge in [0.15, 0.2) is 0 Å². The van der Waals surface area contributed by atoms with Crippen LogP contribution in [0.25, 0.3) is 0 Å². The first-order chi connectivity index (χ1) is 16.2. The zero-order valence-electron chi connectivity index (χ0n) is 20.9. The monoisotopic (exact) mass is 450 g/mol. The summed E-state index contributed by atoms with van der Waals surface area (Å²) in [5.41, 5.74) is 4.89. The Kier molecular flexibility index (Phi) is 8.87. The molecular weight excluding hydrogens is 407 g/mol. The van der Waals surface area contributed by atoms with Crippen LogP contribution in [0.4, 0.5) is 4.39 Å². The van der Waals surface area contributed by atoms with Crippen LogP contribution in [0.2, 0.25) is 0 Å². The molecule has 2 aromatic rings. The fraction of sp³-hybridized carbons (Fsp3) is 0.613. The van der Waals surface area contributed by atoms with Crippen molar-refractivity contribution in [2.24, 2.45) is 5.92 Å². The molecule has 2 aromatic carbocycles. The molecule has 0 spiro atoms. The zero-order valence-corrected chi connectivity index (χ0v) is 20.9. The minimum atomic E-state index is 0.0185. The number of hydrogen-bond acceptors (Lipinski definition) is 1. The van der Waals surface area contributed by atoms with Crippen LogP contribution in [-0.2, 0) is 12.8 Å². The molecule has 4 rings (SSSR count). The summed E-state index contributed by atoms with van der Waals surface area (Å²) < 4.78 is 21.2. The summed E-state index contributed by atoms with van der Waals surface area (Å²) >= 11 is 0. The number of hydrogen-bond donors (Lipinski definition) is 0. The van der Waals surface area contributed by atoms with Gasteiger partial charge in [-0.05, 0) is 110 Å². The van der Waals surface area contributed by atoms with Gasteiger partial charge in [0.05, 0.1) is 6.61 Å². The summed E-state index contributed by atoms with van der Waals surface area (Å²) in [6.45, 7) is 5.29. The summed E-state index contributed by atoms with van der Waals surface area (Å²) in [5, 5.41) is 0. The lowest BCUT2D eigenvalue weighted by atomic mass is 9.76. The van der Waals surface area contributed by atoms with Crippen molar-refractivity contribution >= 4 is 0 Å². The second-order valence-corrected chi connectivity index (χ2v) is 10.6. The van der Waals surface area contributed by atoms with Gasteiger partial charge in [-0.3, -0.25) is 0 Å². The number of aryl methyl sites for hydroxylation is 1. The van der Waals surface area contributed by atoms with Crippen molar-refractivity contribution in [2.75, 3.05) is 6.61 Å². The van der Waals surface area contributed by atoms with E-state index >= 15 is 4.39 Å². The van der Waals surface area contributed by atoms with E-state index in [1.54, 1.807) is 0 Å². The Bertz CT molecular complexity index is 880. The Balaban J connectivity index is 1.35. The van der Waals surface area contributed by atoms with Gasteiger partial charge in [0.1, 0.15) is 11.6 Å². The number of rotatable bonds is 10. The molecule has 0 radical (unpaired) electrons. The standard InChI is InChI=1S/C31H43FO/c1-3-5-7-19-33-29-17-15-25-20-28(14-13-26(25)21-29)30-18-16-27(22-31(30)32)24-11-9-23(10-12-24)8-6-4-2/h15-18,21-24,28H,3-14,19-20H2,1-2H3. The first kappa shape index (κ1) is 24.3. The molecule has 0 bridgehead atoms. The quantitative estimate of drug-likeness (QED) is 0.328. The second kappa shape index (κ2) is 12.0. The van der Waals surface area contributed by atoms with Gasteiger partial charge in [-0.15, -0.1) is 0 Å². The minimum Gasteiger partial charge on any atom is -0.494 e. The van der Waals surface area contributed by atoms with E-state index in [-0.39, 0.29) is 11.7 Å². The van der Waals surface area contributed by atoms with Crippen LogP contribution in [0.1, 0.15) is 119 Å². The molecule has 0 saturated heterocycles. The molecule has 1 unspecified atom stereocenters. The summed E-state index contributed by atoms with van der Waals surface area (Å²) in [6, 6.07) is 12.7. The highest BCUT2D eigenvalue weighted by atomic mass is 19.1. The average Bonchev–Trinajstić information content (AvgIpc) is 2.85. The molecule has 1 atom stereocenters. The SMILES string of the molecule is CCCCCOc1ccc2c(c1)CCC(c1ccc(C3CCC(CCCC)CC3)cc1F)C2. The number of halogens is 1. The Labute approximate surface area is 201 Å². The van der Waals surface area contributed by atoms with Gasteiger partial charge in [0.2, 0.25) is 0 Å². The molecule has 0 heterocycles. The maximum Gasteiger partial charge on any atom is 0.126 e. The van der Waals surface area contributed by atoms with Gasteiger partial charge in [-0.2, -0.15) is 0 Å². The molecule has 180 valence electrons. The van der Waals surface area contributed by atoms with Crippen LogP contribution in [0.15, 0.2) is 36.4 Å². The van der Waals surface area contributed by atoms with E-state index in [1.165, 1.54) is 74.5 Å². The van der Waals surface area contributed by atoms with Crippen molar-refractivity contribution in [1.82, 2.24) is 0 Å². The molecule has 1 fully saturated rings. The van der Waals surface area contributed by atoms with Gasteiger partial charge >= 0.3 is 0 Å². The maximum atomic E-state index is 15.3. The van der Waals surface area contributed by atoms with Crippen molar-refractivity contribution in [3.63, 3.8) is 0 Å². The normalized spacial score (nSPS) is 22.7. The molecule has 2 aliphatic carbocycles. The molecule has 2 aliphatic rings. The third-order valence-corrected chi connectivity index (χ3v) is 8.17. The number of ether oxygens (including phenoxy) is 1. The van der Waals surface area contributed by atoms with Gasteiger partial charge in [-0.1, -0.05) is 64.2 Å². The second-order valence-electron chi connectivity index (χ2n) is 10.6.